The van der Waals surface area contributed by atoms with Crippen molar-refractivity contribution in [3.05, 3.63) is 72.4 Å². The molecule has 0 spiro atoms. The summed E-state index contributed by atoms with van der Waals surface area (Å²) in [5.74, 6) is -0.134. The van der Waals surface area contributed by atoms with Crippen molar-refractivity contribution in [2.24, 2.45) is 5.10 Å². The number of nitrogens with one attached hydrogen (secondary N) is 1. The molecule has 0 radical (unpaired) electrons. The van der Waals surface area contributed by atoms with E-state index in [0.717, 1.165) is 16.5 Å². The van der Waals surface area contributed by atoms with Gasteiger partial charge in [-0.15, -0.1) is 0 Å². The lowest BCUT2D eigenvalue weighted by Gasteiger charge is -2.04. The zero-order chi connectivity index (χ0) is 15.2. The van der Waals surface area contributed by atoms with Crippen molar-refractivity contribution < 1.29 is 4.79 Å². The zero-order valence-electron chi connectivity index (χ0n) is 12.1. The zero-order valence-corrected chi connectivity index (χ0v) is 12.1. The molecule has 2 aromatic carbocycles. The highest BCUT2D eigenvalue weighted by atomic mass is 16.2. The van der Waals surface area contributed by atoms with Crippen LogP contribution >= 0.6 is 0 Å². The number of fused-ring (bicyclic) bond motifs is 1. The van der Waals surface area contributed by atoms with Gasteiger partial charge in [-0.05, 0) is 23.1 Å². The summed E-state index contributed by atoms with van der Waals surface area (Å²) in [5, 5.41) is 5.12. The molecular formula is C18H17N3O. The Kier molecular flexibility index (Phi) is 4.30. The summed E-state index contributed by atoms with van der Waals surface area (Å²) < 4.78 is 1.91. The monoisotopic (exact) mass is 291 g/mol. The van der Waals surface area contributed by atoms with Crippen molar-refractivity contribution in [1.29, 1.82) is 0 Å². The van der Waals surface area contributed by atoms with Crippen LogP contribution in [0.5, 0.6) is 0 Å². The van der Waals surface area contributed by atoms with Gasteiger partial charge in [0.15, 0.2) is 0 Å². The van der Waals surface area contributed by atoms with Crippen LogP contribution < -0.4 is 5.43 Å². The molecule has 3 rings (SSSR count). The van der Waals surface area contributed by atoms with Crippen LogP contribution in [0.25, 0.3) is 10.9 Å². The molecule has 0 aliphatic carbocycles. The van der Waals surface area contributed by atoms with Crippen molar-refractivity contribution in [1.82, 2.24) is 9.99 Å². The van der Waals surface area contributed by atoms with Crippen LogP contribution in [0, 0.1) is 0 Å². The fraction of sp³-hybridized carbons (Fsp3) is 0.111. The van der Waals surface area contributed by atoms with Crippen LogP contribution in [0.3, 0.4) is 0 Å². The Hall–Kier alpha value is -2.88. The molecule has 0 aliphatic heterocycles. The normalized spacial score (nSPS) is 11.1. The number of nitrogens with zero attached hydrogens (tertiary/aromatic N) is 2. The minimum Gasteiger partial charge on any atom is -0.338 e. The van der Waals surface area contributed by atoms with Crippen molar-refractivity contribution in [2.45, 2.75) is 13.0 Å². The molecule has 0 saturated carbocycles. The molecular weight excluding hydrogens is 274 g/mol. The standard InChI is InChI=1S/C18H17N3O/c22-18(20-19-12-10-15-6-2-1-3-7-15)14-21-13-11-16-8-4-5-9-17(16)21/h1-9,11-13H,10,14H2,(H,20,22)/b19-12-. The predicted octanol–water partition coefficient (Wildman–Crippen LogP) is 2.99. The maximum absolute atomic E-state index is 11.9. The maximum Gasteiger partial charge on any atom is 0.259 e. The van der Waals surface area contributed by atoms with E-state index in [1.165, 1.54) is 0 Å². The molecule has 22 heavy (non-hydrogen) atoms. The first-order valence-electron chi connectivity index (χ1n) is 7.21. The third kappa shape index (κ3) is 3.41. The first-order valence-corrected chi connectivity index (χ1v) is 7.21. The van der Waals surface area contributed by atoms with E-state index >= 15 is 0 Å². The Bertz CT molecular complexity index is 790. The number of amides is 1. The third-order valence-corrected chi connectivity index (χ3v) is 3.44. The molecule has 3 aromatic rings. The van der Waals surface area contributed by atoms with Gasteiger partial charge in [0, 0.05) is 24.3 Å². The lowest BCUT2D eigenvalue weighted by Crippen LogP contribution is -2.22. The van der Waals surface area contributed by atoms with Gasteiger partial charge in [0.1, 0.15) is 6.54 Å². The van der Waals surface area contributed by atoms with Gasteiger partial charge < -0.3 is 4.57 Å². The molecule has 110 valence electrons. The fourth-order valence-corrected chi connectivity index (χ4v) is 2.35. The number of carbonyl (C=O) groups excluding carboxylic acids is 1. The first kappa shape index (κ1) is 14.1. The smallest absolute Gasteiger partial charge is 0.259 e. The average Bonchev–Trinajstić information content (AvgIpc) is 2.96. The Balaban J connectivity index is 1.54. The molecule has 4 nitrogen and oxygen atoms in total. The topological polar surface area (TPSA) is 46.4 Å². The van der Waals surface area contributed by atoms with Crippen molar-refractivity contribution in [2.75, 3.05) is 0 Å². The van der Waals surface area contributed by atoms with Gasteiger partial charge in [0.25, 0.3) is 5.91 Å². The molecule has 0 bridgehead atoms. The Morgan fingerprint density at radius 2 is 1.82 bits per heavy atom. The SMILES string of the molecule is O=C(Cn1ccc2ccccc21)N/N=C\Cc1ccccc1. The van der Waals surface area contributed by atoms with Gasteiger partial charge in [-0.2, -0.15) is 5.10 Å². The molecule has 1 amide bonds. The number of hydrazone groups is 1. The van der Waals surface area contributed by atoms with Gasteiger partial charge >= 0.3 is 0 Å². The summed E-state index contributed by atoms with van der Waals surface area (Å²) in [5.41, 5.74) is 4.78. The number of aromatic nitrogens is 1. The van der Waals surface area contributed by atoms with Crippen molar-refractivity contribution in [3.8, 4) is 0 Å². The van der Waals surface area contributed by atoms with Crippen molar-refractivity contribution in [3.63, 3.8) is 0 Å². The van der Waals surface area contributed by atoms with Gasteiger partial charge in [0.2, 0.25) is 0 Å². The van der Waals surface area contributed by atoms with E-state index in [2.05, 4.69) is 10.5 Å². The van der Waals surface area contributed by atoms with Gasteiger partial charge in [-0.3, -0.25) is 4.79 Å². The highest BCUT2D eigenvalue weighted by Crippen LogP contribution is 2.14. The number of benzene rings is 2. The fourth-order valence-electron chi connectivity index (χ4n) is 2.35. The minimum absolute atomic E-state index is 0.134. The van der Waals surface area contributed by atoms with Crippen LogP contribution in [-0.2, 0) is 17.8 Å². The van der Waals surface area contributed by atoms with E-state index in [-0.39, 0.29) is 12.5 Å². The van der Waals surface area contributed by atoms with E-state index in [1.54, 1.807) is 6.21 Å². The summed E-state index contributed by atoms with van der Waals surface area (Å²) in [6.45, 7) is 0.260. The lowest BCUT2D eigenvalue weighted by atomic mass is 10.2. The van der Waals surface area contributed by atoms with E-state index in [1.807, 2.05) is 71.4 Å². The predicted molar refractivity (Wildman–Crippen MR) is 88.7 cm³/mol. The summed E-state index contributed by atoms with van der Waals surface area (Å²) in [4.78, 5) is 11.9. The Morgan fingerprint density at radius 3 is 2.68 bits per heavy atom. The quantitative estimate of drug-likeness (QED) is 0.570. The van der Waals surface area contributed by atoms with Gasteiger partial charge in [0.05, 0.1) is 0 Å². The molecule has 1 heterocycles. The van der Waals surface area contributed by atoms with E-state index in [4.69, 9.17) is 0 Å². The largest absolute Gasteiger partial charge is 0.338 e. The third-order valence-electron chi connectivity index (χ3n) is 3.44. The highest BCUT2D eigenvalue weighted by Gasteiger charge is 2.04. The molecule has 0 fully saturated rings. The molecule has 0 aliphatic rings. The number of para-hydroxylation sites is 1. The molecule has 4 heteroatoms. The second-order valence-corrected chi connectivity index (χ2v) is 5.04. The van der Waals surface area contributed by atoms with Crippen molar-refractivity contribution >= 4 is 23.0 Å². The lowest BCUT2D eigenvalue weighted by molar-refractivity contribution is -0.121. The Morgan fingerprint density at radius 1 is 1.05 bits per heavy atom. The van der Waals surface area contributed by atoms with E-state index in [0.29, 0.717) is 6.42 Å². The molecule has 1 aromatic heterocycles. The minimum atomic E-state index is -0.134. The number of hydrogen-bond donors (Lipinski definition) is 1. The number of rotatable bonds is 5. The second-order valence-electron chi connectivity index (χ2n) is 5.04. The summed E-state index contributed by atoms with van der Waals surface area (Å²) in [6.07, 6.45) is 4.33. The summed E-state index contributed by atoms with van der Waals surface area (Å²) in [6, 6.07) is 20.0. The first-order chi connectivity index (χ1) is 10.8. The molecule has 0 unspecified atom stereocenters. The number of carbonyl (C=O) groups is 1. The maximum atomic E-state index is 11.9. The van der Waals surface area contributed by atoms with Crippen LogP contribution in [0.1, 0.15) is 5.56 Å². The van der Waals surface area contributed by atoms with E-state index < -0.39 is 0 Å². The summed E-state index contributed by atoms with van der Waals surface area (Å²) >= 11 is 0. The summed E-state index contributed by atoms with van der Waals surface area (Å²) in [7, 11) is 0. The van der Waals surface area contributed by atoms with E-state index in [9.17, 15) is 4.79 Å². The van der Waals surface area contributed by atoms with Crippen LogP contribution in [0.2, 0.25) is 0 Å². The van der Waals surface area contributed by atoms with Gasteiger partial charge in [-0.25, -0.2) is 5.43 Å². The molecule has 0 saturated heterocycles. The Labute approximate surface area is 129 Å². The number of hydrogen-bond acceptors (Lipinski definition) is 2. The molecule has 0 atom stereocenters. The van der Waals surface area contributed by atoms with Crippen LogP contribution in [0.4, 0.5) is 0 Å². The van der Waals surface area contributed by atoms with Gasteiger partial charge in [-0.1, -0.05) is 48.5 Å². The van der Waals surface area contributed by atoms with Crippen LogP contribution in [0.15, 0.2) is 72.0 Å². The second kappa shape index (κ2) is 6.72. The average molecular weight is 291 g/mol. The van der Waals surface area contributed by atoms with Crippen LogP contribution in [-0.4, -0.2) is 16.7 Å². The molecule has 1 N–H and O–H groups in total. The highest BCUT2D eigenvalue weighted by molar-refractivity contribution is 5.83.